The maximum atomic E-state index is 13.3. The number of anilines is 2. The van der Waals surface area contributed by atoms with Crippen molar-refractivity contribution in [3.63, 3.8) is 0 Å². The summed E-state index contributed by atoms with van der Waals surface area (Å²) in [6.45, 7) is 9.20. The molecule has 0 radical (unpaired) electrons. The van der Waals surface area contributed by atoms with Crippen molar-refractivity contribution in [2.45, 2.75) is 45.7 Å². The van der Waals surface area contributed by atoms with E-state index in [2.05, 4.69) is 65.7 Å². The summed E-state index contributed by atoms with van der Waals surface area (Å²) in [5.41, 5.74) is 5.52. The number of nitrogens with zero attached hydrogens (tertiary/aromatic N) is 3. The van der Waals surface area contributed by atoms with Gasteiger partial charge >= 0.3 is 0 Å². The molecule has 6 heteroatoms. The second-order valence-corrected chi connectivity index (χ2v) is 9.77. The minimum absolute atomic E-state index is 0.149. The molecule has 0 unspecified atom stereocenters. The fraction of sp³-hybridized carbons (Fsp3) is 0.480. The van der Waals surface area contributed by atoms with Gasteiger partial charge in [-0.1, -0.05) is 28.1 Å². The van der Waals surface area contributed by atoms with Crippen molar-refractivity contribution in [3.05, 3.63) is 51.5 Å². The van der Waals surface area contributed by atoms with E-state index in [0.717, 1.165) is 58.8 Å². The van der Waals surface area contributed by atoms with Gasteiger partial charge < -0.3 is 14.5 Å². The highest BCUT2D eigenvalue weighted by Crippen LogP contribution is 2.40. The Morgan fingerprint density at radius 2 is 1.87 bits per heavy atom. The second kappa shape index (κ2) is 8.83. The van der Waals surface area contributed by atoms with Crippen molar-refractivity contribution in [1.82, 2.24) is 4.90 Å². The van der Waals surface area contributed by atoms with Crippen LogP contribution in [0.25, 0.3) is 0 Å². The fourth-order valence-electron chi connectivity index (χ4n) is 4.78. The molecule has 1 amide bonds. The molecule has 5 nitrogen and oxygen atoms in total. The largest absolute Gasteiger partial charge is 0.495 e. The van der Waals surface area contributed by atoms with Crippen LogP contribution in [-0.2, 0) is 17.6 Å². The van der Waals surface area contributed by atoms with Crippen molar-refractivity contribution in [3.8, 4) is 5.75 Å². The number of hydrogen-bond donors (Lipinski definition) is 0. The lowest BCUT2D eigenvalue weighted by Crippen LogP contribution is -2.55. The molecule has 2 aliphatic heterocycles. The first kappa shape index (κ1) is 22.2. The quantitative estimate of drug-likeness (QED) is 0.641. The van der Waals surface area contributed by atoms with E-state index >= 15 is 0 Å². The average Bonchev–Trinajstić information content (AvgIpc) is 3.17. The van der Waals surface area contributed by atoms with Gasteiger partial charge in [-0.3, -0.25) is 9.69 Å². The molecule has 0 N–H and O–H groups in total. The predicted molar refractivity (Wildman–Crippen MR) is 131 cm³/mol. The first-order valence-corrected chi connectivity index (χ1v) is 11.8. The van der Waals surface area contributed by atoms with E-state index in [0.29, 0.717) is 18.5 Å². The van der Waals surface area contributed by atoms with Gasteiger partial charge in [-0.15, -0.1) is 0 Å². The van der Waals surface area contributed by atoms with Crippen LogP contribution in [0.5, 0.6) is 5.75 Å². The van der Waals surface area contributed by atoms with E-state index in [9.17, 15) is 4.79 Å². The smallest absolute Gasteiger partial charge is 0.231 e. The van der Waals surface area contributed by atoms with E-state index < -0.39 is 0 Å². The summed E-state index contributed by atoms with van der Waals surface area (Å²) in [5, 5.41) is 0. The molecule has 2 heterocycles. The van der Waals surface area contributed by atoms with Crippen molar-refractivity contribution in [2.24, 2.45) is 0 Å². The SMILES string of the molecule is COc1cc2c(cc1N1C[C@@H](C)N(C)[C@@H](C)C1)N(C(=O)Cc1cccc(Br)c1C)CC2. The molecular weight excluding hydrogens is 454 g/mol. The van der Waals surface area contributed by atoms with Crippen LogP contribution in [0.1, 0.15) is 30.5 Å². The summed E-state index contributed by atoms with van der Waals surface area (Å²) < 4.78 is 6.82. The summed E-state index contributed by atoms with van der Waals surface area (Å²) in [4.78, 5) is 20.1. The molecule has 0 aromatic heterocycles. The summed E-state index contributed by atoms with van der Waals surface area (Å²) in [6, 6.07) is 11.3. The maximum Gasteiger partial charge on any atom is 0.231 e. The number of piperazine rings is 1. The number of carbonyl (C=O) groups excluding carboxylic acids is 1. The van der Waals surface area contributed by atoms with Crippen LogP contribution in [0.4, 0.5) is 11.4 Å². The molecule has 1 saturated heterocycles. The van der Waals surface area contributed by atoms with Crippen molar-refractivity contribution >= 4 is 33.2 Å². The van der Waals surface area contributed by atoms with Crippen molar-refractivity contribution < 1.29 is 9.53 Å². The number of hydrogen-bond acceptors (Lipinski definition) is 4. The number of rotatable bonds is 4. The van der Waals surface area contributed by atoms with Crippen LogP contribution in [-0.4, -0.2) is 56.7 Å². The zero-order valence-corrected chi connectivity index (χ0v) is 20.7. The first-order valence-electron chi connectivity index (χ1n) is 11.0. The molecule has 2 aromatic rings. The number of benzene rings is 2. The van der Waals surface area contributed by atoms with Gasteiger partial charge in [0, 0.05) is 41.9 Å². The van der Waals surface area contributed by atoms with Gasteiger partial charge in [-0.05, 0) is 69.1 Å². The van der Waals surface area contributed by atoms with Crippen LogP contribution >= 0.6 is 15.9 Å². The Bertz CT molecular complexity index is 981. The molecule has 166 valence electrons. The van der Waals surface area contributed by atoms with Crippen LogP contribution in [0.15, 0.2) is 34.8 Å². The van der Waals surface area contributed by atoms with E-state index in [1.807, 2.05) is 23.1 Å². The summed E-state index contributed by atoms with van der Waals surface area (Å²) in [6.07, 6.45) is 1.28. The molecule has 0 aliphatic carbocycles. The minimum atomic E-state index is 0.149. The molecular formula is C25H32BrN3O2. The Hall–Kier alpha value is -2.05. The van der Waals surface area contributed by atoms with Gasteiger partial charge in [0.2, 0.25) is 5.91 Å². The molecule has 4 rings (SSSR count). The van der Waals surface area contributed by atoms with Gasteiger partial charge in [0.05, 0.1) is 19.2 Å². The highest BCUT2D eigenvalue weighted by Gasteiger charge is 2.31. The third kappa shape index (κ3) is 4.20. The van der Waals surface area contributed by atoms with Gasteiger partial charge in [-0.2, -0.15) is 0 Å². The lowest BCUT2D eigenvalue weighted by molar-refractivity contribution is -0.117. The summed E-state index contributed by atoms with van der Waals surface area (Å²) in [5.74, 6) is 1.05. The average molecular weight is 486 g/mol. The number of carbonyl (C=O) groups is 1. The number of ether oxygens (including phenoxy) is 1. The lowest BCUT2D eigenvalue weighted by Gasteiger charge is -2.44. The van der Waals surface area contributed by atoms with Gasteiger partial charge in [0.1, 0.15) is 5.75 Å². The zero-order valence-electron chi connectivity index (χ0n) is 19.1. The Labute approximate surface area is 194 Å². The molecule has 0 bridgehead atoms. The van der Waals surface area contributed by atoms with E-state index in [1.54, 1.807) is 7.11 Å². The maximum absolute atomic E-state index is 13.3. The van der Waals surface area contributed by atoms with E-state index in [4.69, 9.17) is 4.74 Å². The number of fused-ring (bicyclic) bond motifs is 1. The van der Waals surface area contributed by atoms with Crippen LogP contribution in [0, 0.1) is 6.92 Å². The van der Waals surface area contributed by atoms with Gasteiger partial charge in [0.25, 0.3) is 0 Å². The van der Waals surface area contributed by atoms with Crippen LogP contribution in [0.3, 0.4) is 0 Å². The molecule has 2 aromatic carbocycles. The number of methoxy groups -OCH3 is 1. The Balaban J connectivity index is 1.63. The highest BCUT2D eigenvalue weighted by molar-refractivity contribution is 9.10. The van der Waals surface area contributed by atoms with Gasteiger partial charge in [0.15, 0.2) is 0 Å². The molecule has 1 fully saturated rings. The van der Waals surface area contributed by atoms with Crippen molar-refractivity contribution in [2.75, 3.05) is 43.6 Å². The normalized spacial score (nSPS) is 21.4. The third-order valence-corrected chi connectivity index (χ3v) is 7.86. The second-order valence-electron chi connectivity index (χ2n) is 8.92. The van der Waals surface area contributed by atoms with Crippen LogP contribution in [0.2, 0.25) is 0 Å². The number of amides is 1. The van der Waals surface area contributed by atoms with E-state index in [-0.39, 0.29) is 5.91 Å². The molecule has 2 atom stereocenters. The standard InChI is InChI=1S/C25H32BrN3O2/c1-16-14-28(15-17(2)27(16)4)23-13-22-20(11-24(23)31-5)9-10-29(22)25(30)12-19-7-6-8-21(26)18(19)3/h6-8,11,13,16-17H,9-10,12,14-15H2,1-5H3/t16-,17+. The summed E-state index contributed by atoms with van der Waals surface area (Å²) in [7, 11) is 3.93. The highest BCUT2D eigenvalue weighted by atomic mass is 79.9. The fourth-order valence-corrected chi connectivity index (χ4v) is 5.18. The Morgan fingerprint density at radius 3 is 2.55 bits per heavy atom. The predicted octanol–water partition coefficient (Wildman–Crippen LogP) is 4.43. The zero-order chi connectivity index (χ0) is 22.3. The third-order valence-electron chi connectivity index (χ3n) is 7.00. The first-order chi connectivity index (χ1) is 14.8. The topological polar surface area (TPSA) is 36.0 Å². The molecule has 2 aliphatic rings. The Morgan fingerprint density at radius 1 is 1.16 bits per heavy atom. The Kier molecular flexibility index (Phi) is 6.31. The van der Waals surface area contributed by atoms with Gasteiger partial charge in [-0.25, -0.2) is 0 Å². The number of likely N-dealkylation sites (N-methyl/N-ethyl adjacent to an activating group) is 1. The molecule has 0 saturated carbocycles. The summed E-state index contributed by atoms with van der Waals surface area (Å²) >= 11 is 3.58. The lowest BCUT2D eigenvalue weighted by atomic mass is 10.0. The monoisotopic (exact) mass is 485 g/mol. The van der Waals surface area contributed by atoms with Crippen molar-refractivity contribution in [1.29, 1.82) is 0 Å². The minimum Gasteiger partial charge on any atom is -0.495 e. The van der Waals surface area contributed by atoms with E-state index in [1.165, 1.54) is 5.56 Å². The molecule has 31 heavy (non-hydrogen) atoms. The van der Waals surface area contributed by atoms with Crippen LogP contribution < -0.4 is 14.5 Å². The number of halogens is 1. The molecule has 0 spiro atoms.